The lowest BCUT2D eigenvalue weighted by molar-refractivity contribution is 0.00916. The number of hydrogen-bond donors (Lipinski definition) is 2. The standard InChI is InChI=1S/C33H45ClN2O4S/c1-31(2,3)40-30(37)36-17-9-10-27(36)28(18-21-11-13-22(34)14-12-21)39-23-15-16-25-24(19-23)29(41-32(4,5)6)26(35-25)20-33(7,8)38/h11-16,19,27-28,35,38H,9-10,17-18,20H2,1-8H3/t27-,28?/m1/s1. The van der Waals surface area contributed by atoms with Gasteiger partial charge in [0.2, 0.25) is 0 Å². The molecule has 0 saturated carbocycles. The molecule has 0 radical (unpaired) electrons. The number of fused-ring (bicyclic) bond motifs is 1. The Labute approximate surface area is 254 Å². The molecular weight excluding hydrogens is 556 g/mol. The van der Waals surface area contributed by atoms with Gasteiger partial charge in [0.15, 0.2) is 0 Å². The van der Waals surface area contributed by atoms with Crippen molar-refractivity contribution in [2.75, 3.05) is 6.54 Å². The number of ether oxygens (including phenoxy) is 2. The van der Waals surface area contributed by atoms with E-state index in [9.17, 15) is 9.90 Å². The van der Waals surface area contributed by atoms with Crippen LogP contribution in [0.15, 0.2) is 47.4 Å². The third kappa shape index (κ3) is 8.82. The van der Waals surface area contributed by atoms with Gasteiger partial charge in [0.25, 0.3) is 0 Å². The normalized spacial score (nSPS) is 17.2. The summed E-state index contributed by atoms with van der Waals surface area (Å²) in [6.45, 7) is 16.6. The highest BCUT2D eigenvalue weighted by molar-refractivity contribution is 8.00. The van der Waals surface area contributed by atoms with Gasteiger partial charge in [0, 0.05) is 50.6 Å². The zero-order valence-corrected chi connectivity index (χ0v) is 27.2. The van der Waals surface area contributed by atoms with Crippen molar-refractivity contribution >= 4 is 40.4 Å². The average Bonchev–Trinajstić information content (AvgIpc) is 3.43. The van der Waals surface area contributed by atoms with E-state index in [0.29, 0.717) is 24.4 Å². The summed E-state index contributed by atoms with van der Waals surface area (Å²) in [5.74, 6) is 0.747. The van der Waals surface area contributed by atoms with Crippen molar-refractivity contribution in [1.29, 1.82) is 0 Å². The van der Waals surface area contributed by atoms with Crippen molar-refractivity contribution in [1.82, 2.24) is 9.88 Å². The first-order valence-corrected chi connectivity index (χ1v) is 15.6. The van der Waals surface area contributed by atoms with E-state index in [2.05, 4.69) is 31.8 Å². The Morgan fingerprint density at radius 3 is 2.39 bits per heavy atom. The Morgan fingerprint density at radius 2 is 1.78 bits per heavy atom. The van der Waals surface area contributed by atoms with E-state index in [4.69, 9.17) is 21.1 Å². The van der Waals surface area contributed by atoms with Crippen molar-refractivity contribution in [2.45, 2.75) is 114 Å². The highest BCUT2D eigenvalue weighted by Crippen LogP contribution is 2.42. The largest absolute Gasteiger partial charge is 0.488 e. The van der Waals surface area contributed by atoms with Gasteiger partial charge in [-0.15, -0.1) is 11.8 Å². The molecule has 2 atom stereocenters. The number of amides is 1. The second kappa shape index (κ2) is 12.1. The van der Waals surface area contributed by atoms with Gasteiger partial charge in [-0.2, -0.15) is 0 Å². The van der Waals surface area contributed by atoms with Crippen LogP contribution >= 0.6 is 23.4 Å². The topological polar surface area (TPSA) is 74.8 Å². The molecule has 0 aliphatic carbocycles. The van der Waals surface area contributed by atoms with Crippen LogP contribution in [0.2, 0.25) is 5.02 Å². The van der Waals surface area contributed by atoms with Gasteiger partial charge in [-0.3, -0.25) is 0 Å². The first-order valence-electron chi connectivity index (χ1n) is 14.4. The molecule has 8 heteroatoms. The molecule has 1 fully saturated rings. The van der Waals surface area contributed by atoms with Gasteiger partial charge in [-0.1, -0.05) is 44.5 Å². The van der Waals surface area contributed by atoms with Gasteiger partial charge in [-0.05, 0) is 83.4 Å². The molecule has 1 aliphatic heterocycles. The number of nitrogens with one attached hydrogen (secondary N) is 1. The van der Waals surface area contributed by atoms with Crippen LogP contribution < -0.4 is 4.74 Å². The molecular formula is C33H45ClN2O4S. The van der Waals surface area contributed by atoms with Crippen LogP contribution in [0.1, 0.15) is 79.5 Å². The number of aromatic amines is 1. The maximum absolute atomic E-state index is 13.2. The number of H-pyrrole nitrogens is 1. The lowest BCUT2D eigenvalue weighted by atomic mass is 10.00. The number of aromatic nitrogens is 1. The summed E-state index contributed by atoms with van der Waals surface area (Å²) >= 11 is 7.96. The van der Waals surface area contributed by atoms with E-state index in [1.165, 1.54) is 0 Å². The second-order valence-electron chi connectivity index (χ2n) is 13.7. The Kier molecular flexibility index (Phi) is 9.32. The summed E-state index contributed by atoms with van der Waals surface area (Å²) in [7, 11) is 0. The number of halogens is 1. The molecule has 2 aromatic carbocycles. The van der Waals surface area contributed by atoms with E-state index in [1.54, 1.807) is 11.8 Å². The van der Waals surface area contributed by atoms with Crippen molar-refractivity contribution < 1.29 is 19.4 Å². The van der Waals surface area contributed by atoms with E-state index in [0.717, 1.165) is 45.6 Å². The summed E-state index contributed by atoms with van der Waals surface area (Å²) in [5.41, 5.74) is 1.71. The average molecular weight is 601 g/mol. The molecule has 1 aliphatic rings. The number of carbonyl (C=O) groups excluding carboxylic acids is 1. The van der Waals surface area contributed by atoms with Crippen LogP contribution in [-0.2, 0) is 17.6 Å². The minimum absolute atomic E-state index is 0.0186. The Morgan fingerprint density at radius 1 is 1.10 bits per heavy atom. The van der Waals surface area contributed by atoms with E-state index in [1.807, 2.05) is 75.9 Å². The van der Waals surface area contributed by atoms with Gasteiger partial charge < -0.3 is 24.5 Å². The van der Waals surface area contributed by atoms with E-state index < -0.39 is 11.2 Å². The molecule has 1 aromatic heterocycles. The quantitative estimate of drug-likeness (QED) is 0.254. The summed E-state index contributed by atoms with van der Waals surface area (Å²) in [6.07, 6.45) is 2.30. The van der Waals surface area contributed by atoms with Crippen molar-refractivity contribution in [3.63, 3.8) is 0 Å². The molecule has 41 heavy (non-hydrogen) atoms. The molecule has 1 saturated heterocycles. The molecule has 0 spiro atoms. The molecule has 4 rings (SSSR count). The first-order chi connectivity index (χ1) is 19.0. The molecule has 0 bridgehead atoms. The van der Waals surface area contributed by atoms with Gasteiger partial charge in [0.05, 0.1) is 11.6 Å². The van der Waals surface area contributed by atoms with Crippen LogP contribution in [0.4, 0.5) is 4.79 Å². The zero-order valence-electron chi connectivity index (χ0n) is 25.6. The maximum atomic E-state index is 13.2. The van der Waals surface area contributed by atoms with Crippen LogP contribution in [0.3, 0.4) is 0 Å². The number of benzene rings is 2. The fourth-order valence-electron chi connectivity index (χ4n) is 5.27. The number of carbonyl (C=O) groups is 1. The van der Waals surface area contributed by atoms with Crippen LogP contribution in [-0.4, -0.2) is 55.7 Å². The Hall–Kier alpha value is -2.35. The molecule has 2 heterocycles. The molecule has 3 aromatic rings. The molecule has 1 unspecified atom stereocenters. The third-order valence-electron chi connectivity index (χ3n) is 6.81. The number of nitrogens with zero attached hydrogens (tertiary/aromatic N) is 1. The fourth-order valence-corrected chi connectivity index (χ4v) is 6.53. The monoisotopic (exact) mass is 600 g/mol. The smallest absolute Gasteiger partial charge is 0.410 e. The van der Waals surface area contributed by atoms with Crippen molar-refractivity contribution in [3.05, 3.63) is 58.7 Å². The minimum atomic E-state index is -0.843. The van der Waals surface area contributed by atoms with Crippen LogP contribution in [0.5, 0.6) is 5.75 Å². The van der Waals surface area contributed by atoms with Crippen molar-refractivity contribution in [2.24, 2.45) is 0 Å². The second-order valence-corrected chi connectivity index (χ2v) is 16.0. The molecule has 2 N–H and O–H groups in total. The SMILES string of the molecule is CC(C)(O)Cc1[nH]c2ccc(OC(Cc3ccc(Cl)cc3)[C@H]3CCCN3C(=O)OC(C)(C)C)cc2c1SC(C)(C)C. The number of thioether (sulfide) groups is 1. The lowest BCUT2D eigenvalue weighted by Gasteiger charge is -2.33. The fraction of sp³-hybridized carbons (Fsp3) is 0.545. The summed E-state index contributed by atoms with van der Waals surface area (Å²) in [4.78, 5) is 19.7. The maximum Gasteiger partial charge on any atom is 0.410 e. The molecule has 1 amide bonds. The molecule has 6 nitrogen and oxygen atoms in total. The minimum Gasteiger partial charge on any atom is -0.488 e. The van der Waals surface area contributed by atoms with Gasteiger partial charge >= 0.3 is 6.09 Å². The first kappa shape index (κ1) is 31.6. The number of aliphatic hydroxyl groups is 1. The predicted molar refractivity (Wildman–Crippen MR) is 169 cm³/mol. The van der Waals surface area contributed by atoms with Gasteiger partial charge in [0.1, 0.15) is 17.5 Å². The van der Waals surface area contributed by atoms with Crippen LogP contribution in [0.25, 0.3) is 10.9 Å². The Bertz CT molecular complexity index is 1350. The van der Waals surface area contributed by atoms with E-state index >= 15 is 0 Å². The van der Waals surface area contributed by atoms with Gasteiger partial charge in [-0.25, -0.2) is 4.79 Å². The lowest BCUT2D eigenvalue weighted by Crippen LogP contribution is -2.47. The van der Waals surface area contributed by atoms with Crippen LogP contribution in [0, 0.1) is 0 Å². The predicted octanol–water partition coefficient (Wildman–Crippen LogP) is 8.41. The number of rotatable bonds is 8. The summed E-state index contributed by atoms with van der Waals surface area (Å²) in [5, 5.41) is 12.4. The van der Waals surface area contributed by atoms with Crippen molar-refractivity contribution in [3.8, 4) is 5.75 Å². The van der Waals surface area contributed by atoms with E-state index in [-0.39, 0.29) is 23.0 Å². The number of likely N-dealkylation sites (tertiary alicyclic amines) is 1. The highest BCUT2D eigenvalue weighted by Gasteiger charge is 2.38. The third-order valence-corrected chi connectivity index (χ3v) is 8.34. The number of hydrogen-bond acceptors (Lipinski definition) is 5. The Balaban J connectivity index is 1.70. The highest BCUT2D eigenvalue weighted by atomic mass is 35.5. The zero-order chi connectivity index (χ0) is 30.2. The molecule has 224 valence electrons. The summed E-state index contributed by atoms with van der Waals surface area (Å²) < 4.78 is 12.5. The summed E-state index contributed by atoms with van der Waals surface area (Å²) in [6, 6.07) is 13.8.